The van der Waals surface area contributed by atoms with Crippen LogP contribution in [0.2, 0.25) is 5.02 Å². The van der Waals surface area contributed by atoms with Crippen molar-refractivity contribution in [3.8, 4) is 11.3 Å². The van der Waals surface area contributed by atoms with Gasteiger partial charge in [-0.2, -0.15) is 0 Å². The third-order valence-corrected chi connectivity index (χ3v) is 4.94. The summed E-state index contributed by atoms with van der Waals surface area (Å²) >= 11 is 6.20. The Morgan fingerprint density at radius 3 is 2.60 bits per heavy atom. The number of furan rings is 1. The van der Waals surface area contributed by atoms with E-state index in [-0.39, 0.29) is 0 Å². The van der Waals surface area contributed by atoms with E-state index in [2.05, 4.69) is 42.6 Å². The van der Waals surface area contributed by atoms with Crippen LogP contribution in [0.15, 0.2) is 65.1 Å². The molecule has 1 heterocycles. The van der Waals surface area contributed by atoms with Crippen molar-refractivity contribution >= 4 is 11.6 Å². The number of halogens is 1. The molecule has 0 aliphatic carbocycles. The van der Waals surface area contributed by atoms with E-state index in [1.54, 1.807) is 0 Å². The summed E-state index contributed by atoms with van der Waals surface area (Å²) in [4.78, 5) is 0. The molecule has 0 amide bonds. The molecule has 1 N–H and O–H groups in total. The van der Waals surface area contributed by atoms with Crippen LogP contribution in [0.25, 0.3) is 11.3 Å². The molecule has 3 aromatic rings. The highest BCUT2D eigenvalue weighted by atomic mass is 35.5. The second-order valence-corrected chi connectivity index (χ2v) is 6.89. The second-order valence-electron chi connectivity index (χ2n) is 6.48. The minimum absolute atomic E-state index is 0.432. The van der Waals surface area contributed by atoms with Crippen LogP contribution in [0.4, 0.5) is 0 Å². The Kier molecular flexibility index (Phi) is 5.95. The maximum absolute atomic E-state index is 6.20. The molecule has 0 spiro atoms. The number of nitrogens with one attached hydrogen (secondary N) is 1. The second kappa shape index (κ2) is 8.37. The molecule has 1 aromatic heterocycles. The first kappa shape index (κ1) is 17.8. The average molecular weight is 354 g/mol. The number of hydrogen-bond donors (Lipinski definition) is 1. The van der Waals surface area contributed by atoms with Crippen molar-refractivity contribution in [2.24, 2.45) is 0 Å². The highest BCUT2D eigenvalue weighted by Crippen LogP contribution is 2.29. The Balaban J connectivity index is 1.54. The van der Waals surface area contributed by atoms with Gasteiger partial charge < -0.3 is 9.73 Å². The Bertz CT molecular complexity index is 810. The zero-order valence-corrected chi connectivity index (χ0v) is 15.5. The number of aryl methyl sites for hydroxylation is 1. The first-order valence-electron chi connectivity index (χ1n) is 8.75. The third kappa shape index (κ3) is 4.75. The molecular weight excluding hydrogens is 330 g/mol. The number of benzene rings is 2. The van der Waals surface area contributed by atoms with Gasteiger partial charge in [0.05, 0.1) is 6.54 Å². The van der Waals surface area contributed by atoms with Crippen LogP contribution in [0, 0.1) is 6.92 Å². The van der Waals surface area contributed by atoms with Crippen LogP contribution in [0.5, 0.6) is 0 Å². The summed E-state index contributed by atoms with van der Waals surface area (Å²) in [6.45, 7) is 4.97. The zero-order valence-electron chi connectivity index (χ0n) is 14.8. The summed E-state index contributed by atoms with van der Waals surface area (Å²) in [6.07, 6.45) is 2.19. The SMILES string of the molecule is Cc1c(Cl)cccc1-c1ccc(CN[C@H](C)CCc2ccccc2)o1. The largest absolute Gasteiger partial charge is 0.460 e. The molecule has 130 valence electrons. The highest BCUT2D eigenvalue weighted by molar-refractivity contribution is 6.31. The normalized spacial score (nSPS) is 12.3. The topological polar surface area (TPSA) is 25.2 Å². The van der Waals surface area contributed by atoms with Gasteiger partial charge in [-0.25, -0.2) is 0 Å². The van der Waals surface area contributed by atoms with E-state index in [4.69, 9.17) is 16.0 Å². The van der Waals surface area contributed by atoms with Gasteiger partial charge in [-0.1, -0.05) is 54.1 Å². The molecule has 0 aliphatic rings. The molecular formula is C22H24ClNO. The molecule has 0 unspecified atom stereocenters. The van der Waals surface area contributed by atoms with E-state index < -0.39 is 0 Å². The van der Waals surface area contributed by atoms with Crippen molar-refractivity contribution in [3.63, 3.8) is 0 Å². The molecule has 1 atom stereocenters. The summed E-state index contributed by atoms with van der Waals surface area (Å²) in [5, 5.41) is 4.31. The van der Waals surface area contributed by atoms with Crippen molar-refractivity contribution in [3.05, 3.63) is 82.6 Å². The van der Waals surface area contributed by atoms with Crippen molar-refractivity contribution in [2.45, 2.75) is 39.3 Å². The van der Waals surface area contributed by atoms with E-state index in [1.165, 1.54) is 5.56 Å². The molecule has 0 bridgehead atoms. The molecule has 0 saturated heterocycles. The summed E-state index contributed by atoms with van der Waals surface area (Å²) in [5.74, 6) is 1.81. The van der Waals surface area contributed by atoms with Crippen LogP contribution >= 0.6 is 11.6 Å². The number of rotatable bonds is 7. The fraction of sp³-hybridized carbons (Fsp3) is 0.273. The molecule has 3 heteroatoms. The predicted octanol–water partition coefficient (Wildman–Crippen LogP) is 6.02. The van der Waals surface area contributed by atoms with E-state index in [1.807, 2.05) is 37.3 Å². The van der Waals surface area contributed by atoms with Crippen LogP contribution in [0.3, 0.4) is 0 Å². The lowest BCUT2D eigenvalue weighted by Gasteiger charge is -2.12. The Morgan fingerprint density at radius 2 is 1.80 bits per heavy atom. The van der Waals surface area contributed by atoms with Crippen molar-refractivity contribution in [1.82, 2.24) is 5.32 Å². The smallest absolute Gasteiger partial charge is 0.134 e. The maximum Gasteiger partial charge on any atom is 0.134 e. The Morgan fingerprint density at radius 1 is 1.00 bits per heavy atom. The average Bonchev–Trinajstić information content (AvgIpc) is 3.10. The van der Waals surface area contributed by atoms with Crippen molar-refractivity contribution < 1.29 is 4.42 Å². The molecule has 2 nitrogen and oxygen atoms in total. The Labute approximate surface area is 154 Å². The van der Waals surface area contributed by atoms with Gasteiger partial charge in [-0.15, -0.1) is 0 Å². The van der Waals surface area contributed by atoms with Gasteiger partial charge >= 0.3 is 0 Å². The third-order valence-electron chi connectivity index (χ3n) is 4.53. The lowest BCUT2D eigenvalue weighted by molar-refractivity contribution is 0.449. The van der Waals surface area contributed by atoms with Gasteiger partial charge in [-0.05, 0) is 56.0 Å². The van der Waals surface area contributed by atoms with Crippen LogP contribution in [0.1, 0.15) is 30.2 Å². The highest BCUT2D eigenvalue weighted by Gasteiger charge is 2.10. The van der Waals surface area contributed by atoms with Crippen molar-refractivity contribution in [1.29, 1.82) is 0 Å². The Hall–Kier alpha value is -2.03. The fourth-order valence-corrected chi connectivity index (χ4v) is 3.07. The lowest BCUT2D eigenvalue weighted by Crippen LogP contribution is -2.25. The first-order chi connectivity index (χ1) is 12.1. The van der Waals surface area contributed by atoms with E-state index in [9.17, 15) is 0 Å². The monoisotopic (exact) mass is 353 g/mol. The van der Waals surface area contributed by atoms with E-state index in [0.717, 1.165) is 47.1 Å². The fourth-order valence-electron chi connectivity index (χ4n) is 2.90. The molecule has 2 aromatic carbocycles. The number of hydrogen-bond acceptors (Lipinski definition) is 2. The van der Waals surface area contributed by atoms with Gasteiger partial charge in [-0.3, -0.25) is 0 Å². The zero-order chi connectivity index (χ0) is 17.6. The van der Waals surface area contributed by atoms with Crippen LogP contribution in [-0.4, -0.2) is 6.04 Å². The standard InChI is InChI=1S/C22H24ClNO/c1-16(11-12-18-7-4-3-5-8-18)24-15-19-13-14-22(25-19)20-9-6-10-21(23)17(20)2/h3-10,13-14,16,24H,11-12,15H2,1-2H3/t16-/m1/s1. The van der Waals surface area contributed by atoms with Gasteiger partial charge in [0.15, 0.2) is 0 Å². The maximum atomic E-state index is 6.20. The van der Waals surface area contributed by atoms with Gasteiger partial charge in [0.25, 0.3) is 0 Å². The van der Waals surface area contributed by atoms with Gasteiger partial charge in [0, 0.05) is 16.6 Å². The van der Waals surface area contributed by atoms with Gasteiger partial charge in [0.1, 0.15) is 11.5 Å². The lowest BCUT2D eigenvalue weighted by atomic mass is 10.1. The van der Waals surface area contributed by atoms with Crippen LogP contribution in [-0.2, 0) is 13.0 Å². The first-order valence-corrected chi connectivity index (χ1v) is 9.13. The molecule has 0 fully saturated rings. The quantitative estimate of drug-likeness (QED) is 0.561. The minimum atomic E-state index is 0.432. The summed E-state index contributed by atoms with van der Waals surface area (Å²) in [5.41, 5.74) is 3.48. The van der Waals surface area contributed by atoms with E-state index in [0.29, 0.717) is 6.04 Å². The minimum Gasteiger partial charge on any atom is -0.460 e. The molecule has 25 heavy (non-hydrogen) atoms. The van der Waals surface area contributed by atoms with Crippen LogP contribution < -0.4 is 5.32 Å². The van der Waals surface area contributed by atoms with E-state index >= 15 is 0 Å². The predicted molar refractivity (Wildman–Crippen MR) is 105 cm³/mol. The molecule has 0 aliphatic heterocycles. The molecule has 0 saturated carbocycles. The molecule has 3 rings (SSSR count). The summed E-state index contributed by atoms with van der Waals surface area (Å²) < 4.78 is 6.00. The summed E-state index contributed by atoms with van der Waals surface area (Å²) in [7, 11) is 0. The molecule has 0 radical (unpaired) electrons. The van der Waals surface area contributed by atoms with Crippen molar-refractivity contribution in [2.75, 3.05) is 0 Å². The van der Waals surface area contributed by atoms with Gasteiger partial charge in [0.2, 0.25) is 0 Å². The summed E-state index contributed by atoms with van der Waals surface area (Å²) in [6, 6.07) is 21.0.